The van der Waals surface area contributed by atoms with E-state index < -0.39 is 0 Å². The van der Waals surface area contributed by atoms with Crippen molar-refractivity contribution in [1.29, 1.82) is 0 Å². The molecule has 1 fully saturated rings. The zero-order valence-corrected chi connectivity index (χ0v) is 13.9. The first kappa shape index (κ1) is 15.4. The molecule has 25 heavy (non-hydrogen) atoms. The molecule has 1 atom stereocenters. The maximum atomic E-state index is 12.9. The molecular formula is C18H18N6O. The molecule has 3 aromatic heterocycles. The molecule has 0 spiro atoms. The summed E-state index contributed by atoms with van der Waals surface area (Å²) in [5.74, 6) is 0.661. The number of carbonyl (C=O) groups is 1. The summed E-state index contributed by atoms with van der Waals surface area (Å²) >= 11 is 0. The molecule has 1 saturated heterocycles. The third-order valence-corrected chi connectivity index (χ3v) is 4.36. The number of hydrogen-bond donors (Lipinski definition) is 0. The highest BCUT2D eigenvalue weighted by molar-refractivity contribution is 5.94. The molecule has 1 aliphatic rings. The second-order valence-corrected chi connectivity index (χ2v) is 6.10. The lowest BCUT2D eigenvalue weighted by molar-refractivity contribution is 0.0732. The van der Waals surface area contributed by atoms with Crippen LogP contribution in [0.15, 0.2) is 49.2 Å². The Kier molecular flexibility index (Phi) is 3.97. The third kappa shape index (κ3) is 3.00. The fourth-order valence-corrected chi connectivity index (χ4v) is 3.18. The van der Waals surface area contributed by atoms with Crippen molar-refractivity contribution in [3.63, 3.8) is 0 Å². The molecule has 1 aliphatic heterocycles. The minimum atomic E-state index is -0.0229. The highest BCUT2D eigenvalue weighted by Crippen LogP contribution is 2.31. The zero-order valence-electron chi connectivity index (χ0n) is 13.9. The lowest BCUT2D eigenvalue weighted by Crippen LogP contribution is -2.31. The van der Waals surface area contributed by atoms with Gasteiger partial charge in [-0.1, -0.05) is 0 Å². The summed E-state index contributed by atoms with van der Waals surface area (Å²) in [6.45, 7) is 2.63. The fourth-order valence-electron chi connectivity index (χ4n) is 3.18. The molecule has 4 heterocycles. The molecule has 4 rings (SSSR count). The molecule has 7 nitrogen and oxygen atoms in total. The van der Waals surface area contributed by atoms with Crippen LogP contribution < -0.4 is 0 Å². The predicted octanol–water partition coefficient (Wildman–Crippen LogP) is 2.34. The molecule has 0 bridgehead atoms. The number of carbonyl (C=O) groups excluding carboxylic acids is 1. The maximum Gasteiger partial charge on any atom is 0.255 e. The largest absolute Gasteiger partial charge is 0.330 e. The van der Waals surface area contributed by atoms with Gasteiger partial charge in [0.15, 0.2) is 5.82 Å². The molecule has 0 N–H and O–H groups in total. The standard InChI is InChI=1S/C18H18N6O/c1-13-10-19-12-15(22-13)16-4-2-8-23(16)18(25)14-5-6-17(20-11-14)24-9-3-7-21-24/h3,5-7,9-12,16H,2,4,8H2,1H3/t16-/m0/s1. The van der Waals surface area contributed by atoms with Gasteiger partial charge in [0.05, 0.1) is 29.2 Å². The number of aryl methyl sites for hydroxylation is 1. The lowest BCUT2D eigenvalue weighted by Gasteiger charge is -2.24. The van der Waals surface area contributed by atoms with Crippen LogP contribution >= 0.6 is 0 Å². The zero-order chi connectivity index (χ0) is 17.2. The van der Waals surface area contributed by atoms with Gasteiger partial charge in [-0.05, 0) is 38.0 Å². The average Bonchev–Trinajstić information content (AvgIpc) is 3.33. The van der Waals surface area contributed by atoms with Gasteiger partial charge in [0, 0.05) is 31.3 Å². The van der Waals surface area contributed by atoms with E-state index in [1.807, 2.05) is 24.1 Å². The van der Waals surface area contributed by atoms with Gasteiger partial charge in [-0.3, -0.25) is 14.8 Å². The first-order chi connectivity index (χ1) is 12.2. The van der Waals surface area contributed by atoms with Crippen molar-refractivity contribution in [2.45, 2.75) is 25.8 Å². The molecule has 0 radical (unpaired) electrons. The number of nitrogens with zero attached hydrogens (tertiary/aromatic N) is 6. The van der Waals surface area contributed by atoms with Crippen LogP contribution in [-0.2, 0) is 0 Å². The smallest absolute Gasteiger partial charge is 0.255 e. The van der Waals surface area contributed by atoms with Crippen LogP contribution in [0.3, 0.4) is 0 Å². The number of aromatic nitrogens is 5. The Bertz CT molecular complexity index is 875. The maximum absolute atomic E-state index is 12.9. The number of hydrogen-bond acceptors (Lipinski definition) is 5. The van der Waals surface area contributed by atoms with Gasteiger partial charge in [0.1, 0.15) is 0 Å². The first-order valence-corrected chi connectivity index (χ1v) is 8.28. The Hall–Kier alpha value is -3.09. The van der Waals surface area contributed by atoms with Gasteiger partial charge >= 0.3 is 0 Å². The van der Waals surface area contributed by atoms with Crippen molar-refractivity contribution in [3.8, 4) is 5.82 Å². The van der Waals surface area contributed by atoms with Crippen LogP contribution in [0.1, 0.15) is 40.6 Å². The SMILES string of the molecule is Cc1cncc([C@@H]2CCCN2C(=O)c2ccc(-n3cccn3)nc2)n1. The molecule has 0 aliphatic carbocycles. The Morgan fingerprint density at radius 1 is 1.24 bits per heavy atom. The van der Waals surface area contributed by atoms with Crippen LogP contribution in [-0.4, -0.2) is 42.1 Å². The van der Waals surface area contributed by atoms with Crippen LogP contribution in [0.4, 0.5) is 0 Å². The van der Waals surface area contributed by atoms with Crippen molar-refractivity contribution in [1.82, 2.24) is 29.6 Å². The van der Waals surface area contributed by atoms with Gasteiger partial charge in [0.25, 0.3) is 5.91 Å². The summed E-state index contributed by atoms with van der Waals surface area (Å²) in [5.41, 5.74) is 2.29. The van der Waals surface area contributed by atoms with E-state index in [0.717, 1.165) is 30.8 Å². The molecule has 0 unspecified atom stereocenters. The average molecular weight is 334 g/mol. The Balaban J connectivity index is 1.57. The van der Waals surface area contributed by atoms with E-state index in [1.165, 1.54) is 0 Å². The number of pyridine rings is 1. The molecule has 3 aromatic rings. The predicted molar refractivity (Wildman–Crippen MR) is 91.1 cm³/mol. The van der Waals surface area contributed by atoms with E-state index in [2.05, 4.69) is 20.1 Å². The minimum Gasteiger partial charge on any atom is -0.330 e. The van der Waals surface area contributed by atoms with Crippen molar-refractivity contribution in [2.75, 3.05) is 6.54 Å². The topological polar surface area (TPSA) is 76.8 Å². The summed E-state index contributed by atoms with van der Waals surface area (Å²) in [5, 5.41) is 4.14. The molecule has 7 heteroatoms. The number of rotatable bonds is 3. The summed E-state index contributed by atoms with van der Waals surface area (Å²) in [7, 11) is 0. The second kappa shape index (κ2) is 6.43. The molecular weight excluding hydrogens is 316 g/mol. The summed E-state index contributed by atoms with van der Waals surface area (Å²) in [6, 6.07) is 5.41. The monoisotopic (exact) mass is 334 g/mol. The number of amides is 1. The van der Waals surface area contributed by atoms with Gasteiger partial charge in [-0.25, -0.2) is 9.67 Å². The molecule has 1 amide bonds. The molecule has 0 aromatic carbocycles. The number of likely N-dealkylation sites (tertiary alicyclic amines) is 1. The summed E-state index contributed by atoms with van der Waals surface area (Å²) in [4.78, 5) is 27.9. The van der Waals surface area contributed by atoms with E-state index in [0.29, 0.717) is 11.4 Å². The van der Waals surface area contributed by atoms with Crippen molar-refractivity contribution in [3.05, 3.63) is 66.1 Å². The Labute approximate surface area is 145 Å². The summed E-state index contributed by atoms with van der Waals surface area (Å²) in [6.07, 6.45) is 10.5. The van der Waals surface area contributed by atoms with Crippen LogP contribution in [0, 0.1) is 6.92 Å². The van der Waals surface area contributed by atoms with Gasteiger partial charge < -0.3 is 4.90 Å². The third-order valence-electron chi connectivity index (χ3n) is 4.36. The van der Waals surface area contributed by atoms with Crippen LogP contribution in [0.2, 0.25) is 0 Å². The Morgan fingerprint density at radius 2 is 2.16 bits per heavy atom. The molecule has 126 valence electrons. The van der Waals surface area contributed by atoms with Crippen molar-refractivity contribution in [2.24, 2.45) is 0 Å². The highest BCUT2D eigenvalue weighted by Gasteiger charge is 2.31. The van der Waals surface area contributed by atoms with Gasteiger partial charge in [0.2, 0.25) is 0 Å². The van der Waals surface area contributed by atoms with Gasteiger partial charge in [-0.2, -0.15) is 5.10 Å². The minimum absolute atomic E-state index is 0.0225. The highest BCUT2D eigenvalue weighted by atomic mass is 16.2. The van der Waals surface area contributed by atoms with Gasteiger partial charge in [-0.15, -0.1) is 0 Å². The van der Waals surface area contributed by atoms with E-state index >= 15 is 0 Å². The lowest BCUT2D eigenvalue weighted by atomic mass is 10.1. The second-order valence-electron chi connectivity index (χ2n) is 6.10. The normalized spacial score (nSPS) is 17.0. The van der Waals surface area contributed by atoms with E-state index in [1.54, 1.807) is 41.6 Å². The summed E-state index contributed by atoms with van der Waals surface area (Å²) < 4.78 is 1.66. The van der Waals surface area contributed by atoms with E-state index in [4.69, 9.17) is 0 Å². The van der Waals surface area contributed by atoms with Crippen LogP contribution in [0.25, 0.3) is 5.82 Å². The quantitative estimate of drug-likeness (QED) is 0.735. The van der Waals surface area contributed by atoms with E-state index in [-0.39, 0.29) is 11.9 Å². The molecule has 0 saturated carbocycles. The van der Waals surface area contributed by atoms with E-state index in [9.17, 15) is 4.79 Å². The first-order valence-electron chi connectivity index (χ1n) is 8.28. The Morgan fingerprint density at radius 3 is 2.88 bits per heavy atom. The van der Waals surface area contributed by atoms with Crippen molar-refractivity contribution >= 4 is 5.91 Å². The fraction of sp³-hybridized carbons (Fsp3) is 0.278. The van der Waals surface area contributed by atoms with Crippen molar-refractivity contribution < 1.29 is 4.79 Å². The van der Waals surface area contributed by atoms with Crippen LogP contribution in [0.5, 0.6) is 0 Å².